The van der Waals surface area contributed by atoms with Crippen LogP contribution in [0.1, 0.15) is 40.0 Å². The Kier molecular flexibility index (Phi) is 4.41. The van der Waals surface area contributed by atoms with Crippen molar-refractivity contribution < 1.29 is 13.2 Å². The predicted octanol–water partition coefficient (Wildman–Crippen LogP) is 0.564. The molecule has 20 heavy (non-hydrogen) atoms. The minimum absolute atomic E-state index is 0.0262. The van der Waals surface area contributed by atoms with Gasteiger partial charge in [0.25, 0.3) is 10.2 Å². The summed E-state index contributed by atoms with van der Waals surface area (Å²) in [6, 6.07) is -0.296. The second-order valence-corrected chi connectivity index (χ2v) is 8.67. The van der Waals surface area contributed by atoms with E-state index in [1.807, 2.05) is 0 Å². The number of nitrogens with zero attached hydrogens (tertiary/aromatic N) is 2. The third-order valence-corrected chi connectivity index (χ3v) is 5.28. The number of amides is 1. The normalized spacial score (nSPS) is 25.6. The first-order valence-electron chi connectivity index (χ1n) is 7.22. The Hall–Kier alpha value is -0.660. The summed E-state index contributed by atoms with van der Waals surface area (Å²) in [5.74, 6) is 0.0362. The molecular formula is C13H25N3O3S. The molecule has 1 N–H and O–H groups in total. The number of hydrogen-bond acceptors (Lipinski definition) is 3. The molecule has 6 nitrogen and oxygen atoms in total. The maximum atomic E-state index is 12.2. The van der Waals surface area contributed by atoms with Crippen molar-refractivity contribution in [1.82, 2.24) is 13.9 Å². The Morgan fingerprint density at radius 2 is 1.85 bits per heavy atom. The van der Waals surface area contributed by atoms with Crippen molar-refractivity contribution >= 4 is 16.1 Å². The molecule has 0 aromatic rings. The molecule has 0 radical (unpaired) electrons. The lowest BCUT2D eigenvalue weighted by Gasteiger charge is -2.26. The van der Waals surface area contributed by atoms with E-state index in [9.17, 15) is 13.2 Å². The lowest BCUT2D eigenvalue weighted by atomic mass is 9.96. The van der Waals surface area contributed by atoms with Crippen LogP contribution in [0.2, 0.25) is 0 Å². The van der Waals surface area contributed by atoms with E-state index in [1.165, 1.54) is 4.31 Å². The molecule has 2 fully saturated rings. The summed E-state index contributed by atoms with van der Waals surface area (Å²) in [7, 11) is -3.43. The summed E-state index contributed by atoms with van der Waals surface area (Å²) in [4.78, 5) is 13.7. The molecular weight excluding hydrogens is 278 g/mol. The summed E-state index contributed by atoms with van der Waals surface area (Å²) >= 11 is 0. The molecule has 7 heteroatoms. The second kappa shape index (κ2) is 5.61. The molecule has 2 heterocycles. The van der Waals surface area contributed by atoms with Crippen LogP contribution in [0.3, 0.4) is 0 Å². The van der Waals surface area contributed by atoms with Gasteiger partial charge >= 0.3 is 0 Å². The molecule has 116 valence electrons. The minimum Gasteiger partial charge on any atom is -0.341 e. The Morgan fingerprint density at radius 3 is 2.40 bits per heavy atom. The van der Waals surface area contributed by atoms with Gasteiger partial charge in [-0.05, 0) is 18.3 Å². The quantitative estimate of drug-likeness (QED) is 0.825. The van der Waals surface area contributed by atoms with Crippen LogP contribution >= 0.6 is 0 Å². The lowest BCUT2D eigenvalue weighted by molar-refractivity contribution is -0.128. The topological polar surface area (TPSA) is 69.7 Å². The maximum Gasteiger partial charge on any atom is 0.279 e. The average molecular weight is 303 g/mol. The Bertz CT molecular complexity index is 464. The Morgan fingerprint density at radius 1 is 1.25 bits per heavy atom. The molecule has 2 aliphatic rings. The number of carbonyl (C=O) groups is 1. The van der Waals surface area contributed by atoms with Gasteiger partial charge in [-0.25, -0.2) is 0 Å². The number of nitrogens with one attached hydrogen (secondary N) is 1. The van der Waals surface area contributed by atoms with Crippen LogP contribution in [-0.4, -0.2) is 55.8 Å². The van der Waals surface area contributed by atoms with E-state index in [4.69, 9.17) is 0 Å². The standard InChI is InChI=1S/C13H25N3O3S/c1-13(2,3)10-15-9-11(8-12(15)17)14-20(18,19)16-6-4-5-7-16/h11,14H,4-10H2,1-3H3/t11-/m0/s1. The highest BCUT2D eigenvalue weighted by Gasteiger charge is 2.36. The predicted molar refractivity (Wildman–Crippen MR) is 77.3 cm³/mol. The second-order valence-electron chi connectivity index (χ2n) is 6.97. The number of hydrogen-bond donors (Lipinski definition) is 1. The van der Waals surface area contributed by atoms with Crippen LogP contribution in [0.25, 0.3) is 0 Å². The van der Waals surface area contributed by atoms with Gasteiger partial charge in [-0.1, -0.05) is 20.8 Å². The summed E-state index contributed by atoms with van der Waals surface area (Å²) < 4.78 is 28.5. The van der Waals surface area contributed by atoms with Gasteiger partial charge in [-0.2, -0.15) is 17.4 Å². The van der Waals surface area contributed by atoms with Gasteiger partial charge in [0.05, 0.1) is 0 Å². The largest absolute Gasteiger partial charge is 0.341 e. The van der Waals surface area contributed by atoms with Crippen LogP contribution in [0.4, 0.5) is 0 Å². The van der Waals surface area contributed by atoms with E-state index in [0.717, 1.165) is 12.8 Å². The van der Waals surface area contributed by atoms with Crippen LogP contribution in [-0.2, 0) is 15.0 Å². The van der Waals surface area contributed by atoms with Crippen LogP contribution < -0.4 is 4.72 Å². The SMILES string of the molecule is CC(C)(C)CN1C[C@@H](NS(=O)(=O)N2CCCC2)CC1=O. The Balaban J connectivity index is 1.93. The highest BCUT2D eigenvalue weighted by atomic mass is 32.2. The molecule has 1 atom stereocenters. The lowest BCUT2D eigenvalue weighted by Crippen LogP contribution is -2.45. The molecule has 0 spiro atoms. The summed E-state index contributed by atoms with van der Waals surface area (Å²) in [5, 5.41) is 0. The zero-order chi connectivity index (χ0) is 15.0. The van der Waals surface area contributed by atoms with E-state index in [1.54, 1.807) is 4.90 Å². The molecule has 0 aliphatic carbocycles. The average Bonchev–Trinajstić information content (AvgIpc) is 2.87. The Labute approximate surface area is 121 Å². The van der Waals surface area contributed by atoms with E-state index < -0.39 is 10.2 Å². The number of rotatable bonds is 4. The van der Waals surface area contributed by atoms with E-state index in [0.29, 0.717) is 26.2 Å². The van der Waals surface area contributed by atoms with Gasteiger partial charge in [0, 0.05) is 38.6 Å². The van der Waals surface area contributed by atoms with E-state index in [-0.39, 0.29) is 23.8 Å². The molecule has 1 amide bonds. The van der Waals surface area contributed by atoms with Crippen molar-refractivity contribution in [3.63, 3.8) is 0 Å². The van der Waals surface area contributed by atoms with Crippen molar-refractivity contribution in [3.05, 3.63) is 0 Å². The molecule has 0 saturated carbocycles. The summed E-state index contributed by atoms with van der Waals surface area (Å²) in [5.41, 5.74) is 0.0262. The van der Waals surface area contributed by atoms with E-state index in [2.05, 4.69) is 25.5 Å². The fourth-order valence-corrected chi connectivity index (χ4v) is 4.26. The molecule has 0 bridgehead atoms. The third-order valence-electron chi connectivity index (χ3n) is 3.60. The smallest absolute Gasteiger partial charge is 0.279 e. The highest BCUT2D eigenvalue weighted by molar-refractivity contribution is 7.87. The molecule has 2 rings (SSSR count). The first kappa shape index (κ1) is 15.7. The summed E-state index contributed by atoms with van der Waals surface area (Å²) in [6.45, 7) is 8.52. The molecule has 2 saturated heterocycles. The van der Waals surface area contributed by atoms with Crippen LogP contribution in [0, 0.1) is 5.41 Å². The molecule has 0 unspecified atom stereocenters. The maximum absolute atomic E-state index is 12.2. The van der Waals surface area contributed by atoms with Gasteiger partial charge in [-0.3, -0.25) is 4.79 Å². The fraction of sp³-hybridized carbons (Fsp3) is 0.923. The zero-order valence-corrected chi connectivity index (χ0v) is 13.4. The minimum atomic E-state index is -3.43. The fourth-order valence-electron chi connectivity index (χ4n) is 2.79. The van der Waals surface area contributed by atoms with Gasteiger partial charge < -0.3 is 4.90 Å². The van der Waals surface area contributed by atoms with Gasteiger partial charge in [0.1, 0.15) is 0 Å². The zero-order valence-electron chi connectivity index (χ0n) is 12.6. The molecule has 0 aromatic heterocycles. The third kappa shape index (κ3) is 3.93. The number of likely N-dealkylation sites (tertiary alicyclic amines) is 1. The summed E-state index contributed by atoms with van der Waals surface area (Å²) in [6.07, 6.45) is 2.10. The van der Waals surface area contributed by atoms with Crippen molar-refractivity contribution in [2.45, 2.75) is 46.1 Å². The van der Waals surface area contributed by atoms with Crippen molar-refractivity contribution in [3.8, 4) is 0 Å². The van der Waals surface area contributed by atoms with Gasteiger partial charge in [-0.15, -0.1) is 0 Å². The van der Waals surface area contributed by atoms with Crippen molar-refractivity contribution in [2.75, 3.05) is 26.2 Å². The van der Waals surface area contributed by atoms with Crippen molar-refractivity contribution in [1.29, 1.82) is 0 Å². The monoisotopic (exact) mass is 303 g/mol. The van der Waals surface area contributed by atoms with Crippen LogP contribution in [0.15, 0.2) is 0 Å². The van der Waals surface area contributed by atoms with E-state index >= 15 is 0 Å². The molecule has 2 aliphatic heterocycles. The number of carbonyl (C=O) groups excluding carboxylic acids is 1. The first-order chi connectivity index (χ1) is 9.17. The first-order valence-corrected chi connectivity index (χ1v) is 8.67. The van der Waals surface area contributed by atoms with Gasteiger partial charge in [0.15, 0.2) is 0 Å². The highest BCUT2D eigenvalue weighted by Crippen LogP contribution is 2.21. The molecule has 0 aromatic carbocycles. The van der Waals surface area contributed by atoms with Crippen LogP contribution in [0.5, 0.6) is 0 Å². The van der Waals surface area contributed by atoms with Crippen molar-refractivity contribution in [2.24, 2.45) is 5.41 Å². The van der Waals surface area contributed by atoms with Gasteiger partial charge in [0.2, 0.25) is 5.91 Å².